The van der Waals surface area contributed by atoms with Crippen molar-refractivity contribution < 1.29 is 19.4 Å². The second kappa shape index (κ2) is 7.86. The largest absolute Gasteiger partial charge is 0.496 e. The Hall–Kier alpha value is -3.28. The Morgan fingerprint density at radius 1 is 1.00 bits per heavy atom. The molecule has 1 heterocycles. The lowest BCUT2D eigenvalue weighted by molar-refractivity contribution is -0.112. The number of ether oxygens (including phenoxy) is 1. The molecule has 1 aliphatic heterocycles. The molecule has 7 heteroatoms. The quantitative estimate of drug-likeness (QED) is 0.512. The third-order valence-corrected chi connectivity index (χ3v) is 5.49. The van der Waals surface area contributed by atoms with Crippen molar-refractivity contribution in [1.29, 1.82) is 0 Å². The number of nitrogens with zero attached hydrogens (tertiary/aromatic N) is 1. The van der Waals surface area contributed by atoms with Crippen LogP contribution < -0.4 is 9.64 Å². The minimum atomic E-state index is -1.04. The minimum Gasteiger partial charge on any atom is -0.496 e. The molecule has 0 bridgehead atoms. The molecule has 0 spiro atoms. The van der Waals surface area contributed by atoms with Crippen LogP contribution in [0.5, 0.6) is 5.75 Å². The van der Waals surface area contributed by atoms with Gasteiger partial charge in [-0.25, -0.2) is 4.79 Å². The molecule has 3 aromatic rings. The van der Waals surface area contributed by atoms with E-state index in [2.05, 4.69) is 0 Å². The van der Waals surface area contributed by atoms with Gasteiger partial charge < -0.3 is 9.84 Å². The maximum Gasteiger partial charge on any atom is 0.335 e. The highest BCUT2D eigenvalue weighted by Crippen LogP contribution is 2.47. The number of aromatic carboxylic acids is 1. The van der Waals surface area contributed by atoms with Crippen LogP contribution in [-0.4, -0.2) is 24.1 Å². The lowest BCUT2D eigenvalue weighted by Gasteiger charge is -2.17. The molecule has 30 heavy (non-hydrogen) atoms. The number of carbonyl (C=O) groups excluding carboxylic acids is 1. The molecule has 0 saturated carbocycles. The second-order valence-electron chi connectivity index (χ2n) is 6.54. The van der Waals surface area contributed by atoms with E-state index in [4.69, 9.17) is 33.0 Å². The van der Waals surface area contributed by atoms with Gasteiger partial charge in [0.15, 0.2) is 0 Å². The third-order valence-electron chi connectivity index (χ3n) is 4.83. The number of carboxylic acid groups (broad SMARTS) is 1. The van der Waals surface area contributed by atoms with Gasteiger partial charge in [0, 0.05) is 21.3 Å². The maximum absolute atomic E-state index is 13.5. The first-order valence-electron chi connectivity index (χ1n) is 8.93. The van der Waals surface area contributed by atoms with E-state index in [1.807, 2.05) is 0 Å². The van der Waals surface area contributed by atoms with Gasteiger partial charge in [-0.15, -0.1) is 0 Å². The van der Waals surface area contributed by atoms with Crippen LogP contribution in [0.2, 0.25) is 10.0 Å². The summed E-state index contributed by atoms with van der Waals surface area (Å²) in [6.45, 7) is 0. The Bertz CT molecular complexity index is 1180. The fraction of sp³-hybridized carbons (Fsp3) is 0.0435. The molecule has 1 amide bonds. The van der Waals surface area contributed by atoms with Crippen LogP contribution in [0.4, 0.5) is 11.4 Å². The van der Waals surface area contributed by atoms with Crippen molar-refractivity contribution in [2.75, 3.05) is 12.0 Å². The van der Waals surface area contributed by atoms with E-state index in [-0.39, 0.29) is 11.5 Å². The zero-order valence-corrected chi connectivity index (χ0v) is 17.2. The number of fused-ring (bicyclic) bond motifs is 1. The monoisotopic (exact) mass is 439 g/mol. The van der Waals surface area contributed by atoms with Gasteiger partial charge in [-0.05, 0) is 54.6 Å². The molecular formula is C23H15Cl2NO4. The number of carboxylic acids is 1. The zero-order valence-electron chi connectivity index (χ0n) is 15.7. The van der Waals surface area contributed by atoms with Gasteiger partial charge in [0.05, 0.1) is 29.5 Å². The van der Waals surface area contributed by atoms with Crippen LogP contribution in [0.1, 0.15) is 21.5 Å². The number of halogens is 2. The average Bonchev–Trinajstić information content (AvgIpc) is 3.02. The smallest absolute Gasteiger partial charge is 0.335 e. The number of hydrogen-bond acceptors (Lipinski definition) is 3. The van der Waals surface area contributed by atoms with E-state index in [9.17, 15) is 9.59 Å². The summed E-state index contributed by atoms with van der Waals surface area (Å²) in [5.41, 5.74) is 2.81. The van der Waals surface area contributed by atoms with Crippen molar-refractivity contribution >= 4 is 58.1 Å². The standard InChI is InChI=1S/C23H15Cl2NO4/c1-30-20-7-3-6-19-21(20)16(12-15-17(24)4-2-5-18(15)25)22(27)26(19)14-10-8-13(9-11-14)23(28)29/h2-12H,1H3,(H,28,29)/b16-12+. The average molecular weight is 440 g/mol. The Morgan fingerprint density at radius 3 is 2.23 bits per heavy atom. The lowest BCUT2D eigenvalue weighted by Crippen LogP contribution is -2.20. The molecule has 1 aliphatic rings. The molecule has 0 radical (unpaired) electrons. The van der Waals surface area contributed by atoms with Gasteiger partial charge in [0.2, 0.25) is 0 Å². The van der Waals surface area contributed by atoms with E-state index in [1.165, 1.54) is 24.1 Å². The topological polar surface area (TPSA) is 66.8 Å². The van der Waals surface area contributed by atoms with Crippen LogP contribution in [0.3, 0.4) is 0 Å². The van der Waals surface area contributed by atoms with Crippen LogP contribution in [0, 0.1) is 0 Å². The number of rotatable bonds is 4. The molecule has 4 rings (SSSR count). The number of hydrogen-bond donors (Lipinski definition) is 1. The van der Waals surface area contributed by atoms with Crippen LogP contribution in [0.15, 0.2) is 60.7 Å². The molecule has 1 N–H and O–H groups in total. The van der Waals surface area contributed by atoms with Gasteiger partial charge in [0.1, 0.15) is 5.75 Å². The summed E-state index contributed by atoms with van der Waals surface area (Å²) in [5, 5.41) is 9.99. The summed E-state index contributed by atoms with van der Waals surface area (Å²) in [7, 11) is 1.53. The Labute approximate surface area is 182 Å². The number of benzene rings is 3. The number of amides is 1. The molecular weight excluding hydrogens is 425 g/mol. The lowest BCUT2D eigenvalue weighted by atomic mass is 10.0. The molecule has 150 valence electrons. The van der Waals surface area contributed by atoms with Crippen LogP contribution in [-0.2, 0) is 4.79 Å². The first-order valence-corrected chi connectivity index (χ1v) is 9.69. The second-order valence-corrected chi connectivity index (χ2v) is 7.35. The SMILES string of the molecule is COc1cccc2c1/C(=C\c1c(Cl)cccc1Cl)C(=O)N2c1ccc(C(=O)O)cc1. The molecule has 5 nitrogen and oxygen atoms in total. The molecule has 0 aromatic heterocycles. The molecule has 0 atom stereocenters. The van der Waals surface area contributed by atoms with Gasteiger partial charge in [-0.2, -0.15) is 0 Å². The minimum absolute atomic E-state index is 0.134. The highest BCUT2D eigenvalue weighted by molar-refractivity contribution is 6.42. The fourth-order valence-electron chi connectivity index (χ4n) is 3.42. The summed E-state index contributed by atoms with van der Waals surface area (Å²) in [4.78, 5) is 26.2. The summed E-state index contributed by atoms with van der Waals surface area (Å²) < 4.78 is 5.51. The molecule has 0 unspecified atom stereocenters. The van der Waals surface area contributed by atoms with E-state index < -0.39 is 5.97 Å². The fourth-order valence-corrected chi connectivity index (χ4v) is 3.93. The Morgan fingerprint density at radius 2 is 1.63 bits per heavy atom. The summed E-state index contributed by atoms with van der Waals surface area (Å²) in [6, 6.07) is 16.6. The predicted molar refractivity (Wildman–Crippen MR) is 118 cm³/mol. The van der Waals surface area contributed by atoms with Crippen LogP contribution in [0.25, 0.3) is 11.6 Å². The normalized spacial score (nSPS) is 14.2. The van der Waals surface area contributed by atoms with Crippen molar-refractivity contribution in [2.45, 2.75) is 0 Å². The van der Waals surface area contributed by atoms with Crippen molar-refractivity contribution in [1.82, 2.24) is 0 Å². The first-order chi connectivity index (χ1) is 14.4. The molecule has 0 saturated heterocycles. The molecule has 3 aromatic carbocycles. The first kappa shape index (κ1) is 20.0. The summed E-state index contributed by atoms with van der Waals surface area (Å²) >= 11 is 12.6. The number of methoxy groups -OCH3 is 1. The summed E-state index contributed by atoms with van der Waals surface area (Å²) in [6.07, 6.45) is 1.65. The van der Waals surface area contributed by atoms with Gasteiger partial charge in [-0.3, -0.25) is 9.69 Å². The number of carbonyl (C=O) groups is 2. The van der Waals surface area contributed by atoms with E-state index in [1.54, 1.807) is 54.6 Å². The van der Waals surface area contributed by atoms with Crippen molar-refractivity contribution in [3.8, 4) is 5.75 Å². The summed E-state index contributed by atoms with van der Waals surface area (Å²) in [5.74, 6) is -0.807. The zero-order chi connectivity index (χ0) is 21.4. The van der Waals surface area contributed by atoms with Gasteiger partial charge >= 0.3 is 5.97 Å². The highest BCUT2D eigenvalue weighted by Gasteiger charge is 2.36. The van der Waals surface area contributed by atoms with E-state index in [0.29, 0.717) is 43.9 Å². The van der Waals surface area contributed by atoms with Gasteiger partial charge in [-0.1, -0.05) is 35.3 Å². The van der Waals surface area contributed by atoms with Crippen LogP contribution >= 0.6 is 23.2 Å². The maximum atomic E-state index is 13.5. The Kier molecular flexibility index (Phi) is 5.24. The molecule has 0 fully saturated rings. The Balaban J connectivity index is 1.92. The number of anilines is 2. The predicted octanol–water partition coefficient (Wildman–Crippen LogP) is 5.92. The molecule has 0 aliphatic carbocycles. The van der Waals surface area contributed by atoms with E-state index in [0.717, 1.165) is 0 Å². The van der Waals surface area contributed by atoms with Gasteiger partial charge in [0.25, 0.3) is 5.91 Å². The van der Waals surface area contributed by atoms with E-state index >= 15 is 0 Å². The van der Waals surface area contributed by atoms with Crippen molar-refractivity contribution in [2.24, 2.45) is 0 Å². The highest BCUT2D eigenvalue weighted by atomic mass is 35.5. The van der Waals surface area contributed by atoms with Crippen molar-refractivity contribution in [3.63, 3.8) is 0 Å². The third kappa shape index (κ3) is 3.32. The van der Waals surface area contributed by atoms with Crippen molar-refractivity contribution in [3.05, 3.63) is 87.4 Å².